The number of benzene rings is 2. The summed E-state index contributed by atoms with van der Waals surface area (Å²) in [5.41, 5.74) is 0.572. The lowest BCUT2D eigenvalue weighted by Gasteiger charge is -2.34. The molecule has 5 N–H and O–H groups in total. The fourth-order valence-electron chi connectivity index (χ4n) is 3.71. The number of rotatable bonds is 14. The summed E-state index contributed by atoms with van der Waals surface area (Å²) in [4.78, 5) is 56.8. The molecular weight excluding hydrogens is 624 g/mol. The molecule has 46 heavy (non-hydrogen) atoms. The van der Waals surface area contributed by atoms with Crippen molar-refractivity contribution in [2.24, 2.45) is 0 Å². The first kappa shape index (κ1) is 39.3. The van der Waals surface area contributed by atoms with Gasteiger partial charge in [0.05, 0.1) is 25.9 Å². The first-order valence-electron chi connectivity index (χ1n) is 13.9. The summed E-state index contributed by atoms with van der Waals surface area (Å²) in [5.74, 6) is -4.50. The van der Waals surface area contributed by atoms with E-state index in [9.17, 15) is 24.0 Å². The molecule has 14 nitrogen and oxygen atoms in total. The van der Waals surface area contributed by atoms with Crippen LogP contribution in [0.15, 0.2) is 82.6 Å². The SMILES string of the molecule is COC(=O)c1ccccc1Sc1ccc(OCCCN2CCN(CCO)CC2)cc1.O=C(O)/C=C\C(=O)O.O=C(O)/C=C\C(=O)O. The molecule has 0 atom stereocenters. The number of aliphatic carboxylic acids is 4. The highest BCUT2D eigenvalue weighted by Gasteiger charge is 2.16. The number of aliphatic hydroxyl groups excluding tert-OH is 1. The molecule has 0 aromatic heterocycles. The second kappa shape index (κ2) is 22.8. The zero-order valence-corrected chi connectivity index (χ0v) is 26.0. The fourth-order valence-corrected chi connectivity index (χ4v) is 4.64. The monoisotopic (exact) mass is 662 g/mol. The summed E-state index contributed by atoms with van der Waals surface area (Å²) < 4.78 is 10.7. The standard InChI is InChI=1S/C23H30N2O4S.2C4H4O4/c1-28-23(27)21-5-2-3-6-22(21)30-20-9-7-19(8-10-20)29-18-4-11-24-12-14-25(15-13-24)16-17-26;2*5-3(6)1-2-4(7)8/h2-3,5-10,26H,4,11-18H2,1H3;2*1-2H,(H,5,6)(H,7,8)/b;2*2-1-. The molecule has 0 bridgehead atoms. The Bertz CT molecular complexity index is 1260. The van der Waals surface area contributed by atoms with E-state index in [-0.39, 0.29) is 12.6 Å². The molecule has 0 spiro atoms. The third kappa shape index (κ3) is 18.2. The molecule has 3 rings (SSSR count). The predicted octanol–water partition coefficient (Wildman–Crippen LogP) is 2.43. The van der Waals surface area contributed by atoms with Crippen LogP contribution in [-0.4, -0.2) is 125 Å². The summed E-state index contributed by atoms with van der Waals surface area (Å²) in [6, 6.07) is 15.4. The average molecular weight is 663 g/mol. The van der Waals surface area contributed by atoms with Crippen molar-refractivity contribution in [2.45, 2.75) is 16.2 Å². The number of carboxylic acids is 4. The third-order valence-corrected chi connectivity index (χ3v) is 6.93. The van der Waals surface area contributed by atoms with Crippen LogP contribution >= 0.6 is 11.8 Å². The summed E-state index contributed by atoms with van der Waals surface area (Å²) in [6.45, 7) is 6.90. The number of carbonyl (C=O) groups excluding carboxylic acids is 1. The number of hydrogen-bond acceptors (Lipinski definition) is 11. The molecular formula is C31H38N2O12S. The number of nitrogens with zero attached hydrogens (tertiary/aromatic N) is 2. The number of aliphatic hydroxyl groups is 1. The van der Waals surface area contributed by atoms with E-state index in [1.165, 1.54) is 18.9 Å². The van der Waals surface area contributed by atoms with Gasteiger partial charge in [0.15, 0.2) is 0 Å². The number of β-amino-alcohol motifs (C(OH)–C–C–N with tert-alkyl or cyclic N) is 1. The van der Waals surface area contributed by atoms with Gasteiger partial charge in [-0.15, -0.1) is 0 Å². The Morgan fingerprint density at radius 2 is 1.22 bits per heavy atom. The molecule has 1 heterocycles. The van der Waals surface area contributed by atoms with E-state index in [0.29, 0.717) is 36.5 Å². The number of esters is 1. The van der Waals surface area contributed by atoms with E-state index in [1.807, 2.05) is 42.5 Å². The van der Waals surface area contributed by atoms with Crippen LogP contribution < -0.4 is 4.74 Å². The lowest BCUT2D eigenvalue weighted by molar-refractivity contribution is -0.134. The molecule has 2 aromatic carbocycles. The minimum absolute atomic E-state index is 0.239. The maximum Gasteiger partial charge on any atom is 0.339 e. The van der Waals surface area contributed by atoms with E-state index in [4.69, 9.17) is 35.0 Å². The van der Waals surface area contributed by atoms with Crippen molar-refractivity contribution in [3.63, 3.8) is 0 Å². The van der Waals surface area contributed by atoms with Crippen molar-refractivity contribution < 1.29 is 59.0 Å². The lowest BCUT2D eigenvalue weighted by Crippen LogP contribution is -2.47. The molecule has 1 aliphatic rings. The van der Waals surface area contributed by atoms with E-state index in [2.05, 4.69) is 9.80 Å². The highest BCUT2D eigenvalue weighted by molar-refractivity contribution is 7.99. The van der Waals surface area contributed by atoms with Gasteiger partial charge in [-0.3, -0.25) is 4.90 Å². The summed E-state index contributed by atoms with van der Waals surface area (Å²) in [5, 5.41) is 40.3. The largest absolute Gasteiger partial charge is 0.494 e. The second-order valence-electron chi connectivity index (χ2n) is 9.19. The molecule has 0 saturated carbocycles. The molecule has 0 aliphatic carbocycles. The van der Waals surface area contributed by atoms with Gasteiger partial charge in [0.2, 0.25) is 0 Å². The van der Waals surface area contributed by atoms with Crippen molar-refractivity contribution >= 4 is 41.6 Å². The number of ether oxygens (including phenoxy) is 2. The number of carbonyl (C=O) groups is 5. The topological polar surface area (TPSA) is 211 Å². The van der Waals surface area contributed by atoms with Crippen LogP contribution in [-0.2, 0) is 23.9 Å². The summed E-state index contributed by atoms with van der Waals surface area (Å²) >= 11 is 1.53. The van der Waals surface area contributed by atoms with Gasteiger partial charge in [0.1, 0.15) is 5.75 Å². The van der Waals surface area contributed by atoms with Crippen LogP contribution in [0.5, 0.6) is 5.75 Å². The van der Waals surface area contributed by atoms with Gasteiger partial charge in [-0.2, -0.15) is 0 Å². The van der Waals surface area contributed by atoms with Crippen molar-refractivity contribution in [3.05, 3.63) is 78.4 Å². The van der Waals surface area contributed by atoms with E-state index in [0.717, 1.165) is 61.2 Å². The summed E-state index contributed by atoms with van der Waals surface area (Å²) in [6.07, 6.45) is 3.22. The zero-order chi connectivity index (χ0) is 34.3. The van der Waals surface area contributed by atoms with Crippen molar-refractivity contribution in [2.75, 3.05) is 59.6 Å². The van der Waals surface area contributed by atoms with Crippen LogP contribution in [0.2, 0.25) is 0 Å². The predicted molar refractivity (Wildman–Crippen MR) is 167 cm³/mol. The minimum Gasteiger partial charge on any atom is -0.494 e. The Kier molecular flexibility index (Phi) is 19.5. The molecule has 15 heteroatoms. The molecule has 1 aliphatic heterocycles. The molecule has 2 aromatic rings. The first-order valence-corrected chi connectivity index (χ1v) is 14.7. The number of methoxy groups -OCH3 is 1. The highest BCUT2D eigenvalue weighted by atomic mass is 32.2. The minimum atomic E-state index is -1.26. The molecule has 1 fully saturated rings. The van der Waals surface area contributed by atoms with Gasteiger partial charge in [0, 0.05) is 73.4 Å². The Morgan fingerprint density at radius 3 is 1.67 bits per heavy atom. The van der Waals surface area contributed by atoms with Crippen LogP contribution in [0.25, 0.3) is 0 Å². The Hall–Kier alpha value is -4.70. The molecule has 0 radical (unpaired) electrons. The van der Waals surface area contributed by atoms with Crippen LogP contribution in [0.1, 0.15) is 16.8 Å². The van der Waals surface area contributed by atoms with Gasteiger partial charge in [-0.05, 0) is 42.8 Å². The van der Waals surface area contributed by atoms with Crippen molar-refractivity contribution in [1.82, 2.24) is 9.80 Å². The average Bonchev–Trinajstić information content (AvgIpc) is 3.03. The molecule has 250 valence electrons. The van der Waals surface area contributed by atoms with Crippen molar-refractivity contribution in [1.29, 1.82) is 0 Å². The quantitative estimate of drug-likeness (QED) is 0.112. The van der Waals surface area contributed by atoms with Gasteiger partial charge in [0.25, 0.3) is 0 Å². The van der Waals surface area contributed by atoms with E-state index >= 15 is 0 Å². The zero-order valence-electron chi connectivity index (χ0n) is 25.2. The van der Waals surface area contributed by atoms with E-state index < -0.39 is 23.9 Å². The third-order valence-electron chi connectivity index (χ3n) is 5.85. The molecule has 1 saturated heterocycles. The molecule has 0 unspecified atom stereocenters. The Labute approximate surface area is 270 Å². The maximum absolute atomic E-state index is 11.9. The van der Waals surface area contributed by atoms with E-state index in [1.54, 1.807) is 6.07 Å². The normalized spacial score (nSPS) is 13.2. The number of hydrogen-bond donors (Lipinski definition) is 5. The molecule has 0 amide bonds. The number of carboxylic acid groups (broad SMARTS) is 4. The highest BCUT2D eigenvalue weighted by Crippen LogP contribution is 2.31. The van der Waals surface area contributed by atoms with Crippen LogP contribution in [0.4, 0.5) is 0 Å². The van der Waals surface area contributed by atoms with Gasteiger partial charge in [-0.25, -0.2) is 24.0 Å². The lowest BCUT2D eigenvalue weighted by atomic mass is 10.2. The van der Waals surface area contributed by atoms with Gasteiger partial charge < -0.3 is 39.9 Å². The van der Waals surface area contributed by atoms with Crippen LogP contribution in [0.3, 0.4) is 0 Å². The Morgan fingerprint density at radius 1 is 0.739 bits per heavy atom. The first-order chi connectivity index (χ1) is 21.9. The maximum atomic E-state index is 11.9. The summed E-state index contributed by atoms with van der Waals surface area (Å²) in [7, 11) is 1.40. The van der Waals surface area contributed by atoms with Crippen molar-refractivity contribution in [3.8, 4) is 5.75 Å². The van der Waals surface area contributed by atoms with Gasteiger partial charge >= 0.3 is 29.8 Å². The van der Waals surface area contributed by atoms with Gasteiger partial charge in [-0.1, -0.05) is 23.9 Å². The number of piperazine rings is 1. The van der Waals surface area contributed by atoms with Crippen LogP contribution in [0, 0.1) is 0 Å². The fraction of sp³-hybridized carbons (Fsp3) is 0.323. The second-order valence-corrected chi connectivity index (χ2v) is 10.3. The Balaban J connectivity index is 0.000000545. The smallest absolute Gasteiger partial charge is 0.339 e.